The SMILES string of the molecule is CC(C)OPO.c1ccccc1. The van der Waals surface area contributed by atoms with Gasteiger partial charge in [-0.05, 0) is 13.8 Å². The maximum atomic E-state index is 8.04. The molecular formula is C9H15O2P. The second kappa shape index (κ2) is 8.66. The molecule has 0 fully saturated rings. The van der Waals surface area contributed by atoms with E-state index in [1.807, 2.05) is 50.2 Å². The Bertz CT molecular complexity index is 139. The van der Waals surface area contributed by atoms with Gasteiger partial charge in [-0.1, -0.05) is 36.4 Å². The number of hydrogen-bond donors (Lipinski definition) is 1. The van der Waals surface area contributed by atoms with Crippen LogP contribution < -0.4 is 0 Å². The molecule has 3 heteroatoms. The highest BCUT2D eigenvalue weighted by Crippen LogP contribution is 2.06. The van der Waals surface area contributed by atoms with Crippen LogP contribution in [0.25, 0.3) is 0 Å². The molecule has 1 unspecified atom stereocenters. The Morgan fingerprint density at radius 3 is 1.42 bits per heavy atom. The van der Waals surface area contributed by atoms with Crippen molar-refractivity contribution in [2.45, 2.75) is 20.0 Å². The molecule has 0 saturated carbocycles. The standard InChI is InChI=1S/C6H6.C3H9O2P/c1-2-4-6-5-3-1;1-3(2)5-6-4/h1-6H;3-4,6H,1-2H3. The van der Waals surface area contributed by atoms with Gasteiger partial charge in [0.1, 0.15) is 0 Å². The first kappa shape index (κ1) is 11.6. The molecule has 0 radical (unpaired) electrons. The molecule has 1 aromatic rings. The molecule has 0 spiro atoms. The van der Waals surface area contributed by atoms with E-state index in [9.17, 15) is 0 Å². The van der Waals surface area contributed by atoms with Gasteiger partial charge in [-0.3, -0.25) is 0 Å². The third-order valence-electron chi connectivity index (χ3n) is 0.955. The van der Waals surface area contributed by atoms with Gasteiger partial charge in [0, 0.05) is 0 Å². The van der Waals surface area contributed by atoms with Crippen molar-refractivity contribution in [3.63, 3.8) is 0 Å². The molecule has 0 heterocycles. The molecule has 0 saturated heterocycles. The van der Waals surface area contributed by atoms with Crippen LogP contribution in [0.2, 0.25) is 0 Å². The summed E-state index contributed by atoms with van der Waals surface area (Å²) in [6.45, 7) is 3.76. The predicted octanol–water partition coefficient (Wildman–Crippen LogP) is 2.60. The topological polar surface area (TPSA) is 29.5 Å². The van der Waals surface area contributed by atoms with Crippen molar-refractivity contribution in [2.75, 3.05) is 0 Å². The lowest BCUT2D eigenvalue weighted by Crippen LogP contribution is -1.91. The first-order chi connectivity index (χ1) is 5.77. The summed E-state index contributed by atoms with van der Waals surface area (Å²) >= 11 is 0. The summed E-state index contributed by atoms with van der Waals surface area (Å²) in [5.41, 5.74) is 0. The second-order valence-corrected chi connectivity index (χ2v) is 2.83. The zero-order valence-electron chi connectivity index (χ0n) is 7.40. The maximum absolute atomic E-state index is 8.04. The van der Waals surface area contributed by atoms with E-state index in [4.69, 9.17) is 4.89 Å². The molecule has 12 heavy (non-hydrogen) atoms. The van der Waals surface area contributed by atoms with Crippen molar-refractivity contribution in [1.29, 1.82) is 0 Å². The normalized spacial score (nSPS) is 10.0. The minimum Gasteiger partial charge on any atom is -0.352 e. The van der Waals surface area contributed by atoms with Crippen LogP contribution >= 0.6 is 9.03 Å². The largest absolute Gasteiger partial charge is 0.352 e. The third kappa shape index (κ3) is 9.57. The van der Waals surface area contributed by atoms with Crippen molar-refractivity contribution < 1.29 is 9.42 Å². The van der Waals surface area contributed by atoms with Crippen LogP contribution in [0.15, 0.2) is 36.4 Å². The summed E-state index contributed by atoms with van der Waals surface area (Å²) in [6.07, 6.45) is 0.160. The van der Waals surface area contributed by atoms with Crippen LogP contribution in [-0.4, -0.2) is 11.0 Å². The Labute approximate surface area is 75.5 Å². The van der Waals surface area contributed by atoms with Crippen molar-refractivity contribution in [2.24, 2.45) is 0 Å². The van der Waals surface area contributed by atoms with Crippen LogP contribution in [0, 0.1) is 0 Å². The van der Waals surface area contributed by atoms with Crippen molar-refractivity contribution >= 4 is 9.03 Å². The van der Waals surface area contributed by atoms with Gasteiger partial charge in [-0.25, -0.2) is 0 Å². The average molecular weight is 186 g/mol. The minimum atomic E-state index is -0.362. The summed E-state index contributed by atoms with van der Waals surface area (Å²) in [6, 6.07) is 12.0. The fraction of sp³-hybridized carbons (Fsp3) is 0.333. The van der Waals surface area contributed by atoms with Crippen LogP contribution in [0.5, 0.6) is 0 Å². The van der Waals surface area contributed by atoms with Crippen LogP contribution in [0.1, 0.15) is 13.8 Å². The highest BCUT2D eigenvalue weighted by atomic mass is 31.1. The van der Waals surface area contributed by atoms with Gasteiger partial charge >= 0.3 is 0 Å². The molecule has 1 N–H and O–H groups in total. The first-order valence-corrected chi connectivity index (χ1v) is 4.67. The van der Waals surface area contributed by atoms with Gasteiger partial charge in [0.05, 0.1) is 6.10 Å². The summed E-state index contributed by atoms with van der Waals surface area (Å²) in [5.74, 6) is 0. The zero-order chi connectivity index (χ0) is 9.23. The third-order valence-corrected chi connectivity index (χ3v) is 1.53. The Kier molecular flexibility index (Phi) is 8.35. The molecule has 1 aromatic carbocycles. The molecule has 2 nitrogen and oxygen atoms in total. The lowest BCUT2D eigenvalue weighted by Gasteiger charge is -1.98. The van der Waals surface area contributed by atoms with Crippen LogP contribution in [0.3, 0.4) is 0 Å². The monoisotopic (exact) mass is 186 g/mol. The van der Waals surface area contributed by atoms with Gasteiger partial charge in [0.25, 0.3) is 0 Å². The van der Waals surface area contributed by atoms with E-state index in [1.54, 1.807) is 0 Å². The molecule has 68 valence electrons. The van der Waals surface area contributed by atoms with Gasteiger partial charge < -0.3 is 9.42 Å². The summed E-state index contributed by atoms with van der Waals surface area (Å²) in [5, 5.41) is 0. The number of benzene rings is 1. The Hall–Kier alpha value is -0.430. The quantitative estimate of drug-likeness (QED) is 0.719. The highest BCUT2D eigenvalue weighted by molar-refractivity contribution is 7.24. The second-order valence-electron chi connectivity index (χ2n) is 2.41. The van der Waals surface area contributed by atoms with Crippen LogP contribution in [-0.2, 0) is 4.52 Å². The molecule has 1 rings (SSSR count). The van der Waals surface area contributed by atoms with Crippen molar-refractivity contribution in [3.8, 4) is 0 Å². The molecule has 0 aromatic heterocycles. The fourth-order valence-electron chi connectivity index (χ4n) is 0.490. The van der Waals surface area contributed by atoms with E-state index in [-0.39, 0.29) is 15.1 Å². The van der Waals surface area contributed by atoms with E-state index in [2.05, 4.69) is 4.52 Å². The zero-order valence-corrected chi connectivity index (χ0v) is 8.40. The maximum Gasteiger partial charge on any atom is 0.152 e. The minimum absolute atomic E-state index is 0.160. The van der Waals surface area contributed by atoms with Gasteiger partial charge in [-0.15, -0.1) is 0 Å². The first-order valence-electron chi connectivity index (χ1n) is 3.82. The Morgan fingerprint density at radius 2 is 1.33 bits per heavy atom. The fourth-order valence-corrected chi connectivity index (χ4v) is 0.701. The van der Waals surface area contributed by atoms with E-state index in [0.29, 0.717) is 0 Å². The molecular weight excluding hydrogens is 171 g/mol. The van der Waals surface area contributed by atoms with Gasteiger partial charge in [-0.2, -0.15) is 0 Å². The molecule has 1 atom stereocenters. The molecule has 0 aliphatic heterocycles. The average Bonchev–Trinajstić information content (AvgIpc) is 2.08. The predicted molar refractivity (Wildman–Crippen MR) is 53.2 cm³/mol. The molecule has 0 aliphatic carbocycles. The van der Waals surface area contributed by atoms with Gasteiger partial charge in [0.2, 0.25) is 0 Å². The Balaban J connectivity index is 0.000000202. The van der Waals surface area contributed by atoms with E-state index in [1.165, 1.54) is 0 Å². The van der Waals surface area contributed by atoms with Gasteiger partial charge in [0.15, 0.2) is 9.03 Å². The van der Waals surface area contributed by atoms with Crippen molar-refractivity contribution in [1.82, 2.24) is 0 Å². The Morgan fingerprint density at radius 1 is 1.00 bits per heavy atom. The van der Waals surface area contributed by atoms with E-state index in [0.717, 1.165) is 0 Å². The smallest absolute Gasteiger partial charge is 0.152 e. The summed E-state index contributed by atoms with van der Waals surface area (Å²) in [4.78, 5) is 8.04. The van der Waals surface area contributed by atoms with E-state index >= 15 is 0 Å². The summed E-state index contributed by atoms with van der Waals surface area (Å²) in [7, 11) is -0.362. The number of rotatable bonds is 2. The molecule has 0 bridgehead atoms. The summed E-state index contributed by atoms with van der Waals surface area (Å²) < 4.78 is 4.62. The van der Waals surface area contributed by atoms with Crippen molar-refractivity contribution in [3.05, 3.63) is 36.4 Å². The molecule has 0 aliphatic rings. The lowest BCUT2D eigenvalue weighted by atomic mass is 10.4. The highest BCUT2D eigenvalue weighted by Gasteiger charge is 1.85. The van der Waals surface area contributed by atoms with Crippen LogP contribution in [0.4, 0.5) is 0 Å². The lowest BCUT2D eigenvalue weighted by molar-refractivity contribution is 0.254. The molecule has 0 amide bonds. The van der Waals surface area contributed by atoms with E-state index < -0.39 is 0 Å². The number of hydrogen-bond acceptors (Lipinski definition) is 2.